The number of piperidine rings is 2. The van der Waals surface area contributed by atoms with E-state index in [0.29, 0.717) is 11.9 Å². The maximum absolute atomic E-state index is 13.1. The fourth-order valence-electron chi connectivity index (χ4n) is 5.19. The van der Waals surface area contributed by atoms with Crippen molar-refractivity contribution in [1.29, 1.82) is 0 Å². The second kappa shape index (κ2) is 9.35. The van der Waals surface area contributed by atoms with Crippen LogP contribution in [-0.2, 0) is 4.79 Å². The lowest BCUT2D eigenvalue weighted by Crippen LogP contribution is -2.56. The van der Waals surface area contributed by atoms with Crippen molar-refractivity contribution < 1.29 is 9.53 Å². The van der Waals surface area contributed by atoms with E-state index in [9.17, 15) is 4.79 Å². The number of hydrogen-bond donors (Lipinski definition) is 0. The Morgan fingerprint density at radius 2 is 1.69 bits per heavy atom. The number of anilines is 1. The minimum atomic E-state index is 0.243. The lowest BCUT2D eigenvalue weighted by Gasteiger charge is -2.44. The van der Waals surface area contributed by atoms with Gasteiger partial charge in [-0.05, 0) is 58.0 Å². The van der Waals surface area contributed by atoms with Gasteiger partial charge in [0.1, 0.15) is 5.75 Å². The summed E-state index contributed by atoms with van der Waals surface area (Å²) in [5.41, 5.74) is 1.19. The molecule has 160 valence electrons. The first-order chi connectivity index (χ1) is 14.2. The van der Waals surface area contributed by atoms with Crippen LogP contribution in [0.5, 0.6) is 5.75 Å². The van der Waals surface area contributed by atoms with E-state index in [1.54, 1.807) is 7.11 Å². The van der Waals surface area contributed by atoms with Crippen LogP contribution in [0.4, 0.5) is 5.69 Å². The second-order valence-electron chi connectivity index (χ2n) is 8.85. The number of hydrogen-bond acceptors (Lipinski definition) is 5. The Balaban J connectivity index is 1.31. The molecular formula is C23H36N4O2. The average Bonchev–Trinajstić information content (AvgIpc) is 2.79. The molecule has 0 aliphatic carbocycles. The molecule has 0 N–H and O–H groups in total. The molecule has 3 aliphatic heterocycles. The maximum Gasteiger partial charge on any atom is 0.225 e. The SMILES string of the molecule is COc1ccccc1N1CCN(C2CCCN(C(=O)C3CCN(C)CC3)C2)CC1. The number of para-hydroxylation sites is 2. The minimum Gasteiger partial charge on any atom is -0.495 e. The van der Waals surface area contributed by atoms with E-state index in [0.717, 1.165) is 77.4 Å². The lowest BCUT2D eigenvalue weighted by molar-refractivity contribution is -0.139. The van der Waals surface area contributed by atoms with Crippen molar-refractivity contribution in [3.8, 4) is 5.75 Å². The lowest BCUT2D eigenvalue weighted by atomic mass is 9.93. The first kappa shape index (κ1) is 20.5. The van der Waals surface area contributed by atoms with Gasteiger partial charge in [0.15, 0.2) is 0 Å². The number of piperazine rings is 1. The summed E-state index contributed by atoms with van der Waals surface area (Å²) in [4.78, 5) is 22.6. The Morgan fingerprint density at radius 1 is 0.966 bits per heavy atom. The van der Waals surface area contributed by atoms with Crippen LogP contribution in [0.3, 0.4) is 0 Å². The zero-order valence-electron chi connectivity index (χ0n) is 18.1. The number of amides is 1. The molecule has 1 amide bonds. The van der Waals surface area contributed by atoms with E-state index in [1.807, 2.05) is 12.1 Å². The highest BCUT2D eigenvalue weighted by Crippen LogP contribution is 2.29. The quantitative estimate of drug-likeness (QED) is 0.775. The molecular weight excluding hydrogens is 364 g/mol. The Bertz CT molecular complexity index is 681. The summed E-state index contributed by atoms with van der Waals surface area (Å²) in [6.45, 7) is 8.11. The molecule has 6 heteroatoms. The van der Waals surface area contributed by atoms with Crippen molar-refractivity contribution in [1.82, 2.24) is 14.7 Å². The van der Waals surface area contributed by atoms with Gasteiger partial charge in [-0.2, -0.15) is 0 Å². The molecule has 6 nitrogen and oxygen atoms in total. The van der Waals surface area contributed by atoms with E-state index in [-0.39, 0.29) is 5.92 Å². The summed E-state index contributed by atoms with van der Waals surface area (Å²) in [5.74, 6) is 1.61. The molecule has 3 aliphatic rings. The third kappa shape index (κ3) is 4.69. The Hall–Kier alpha value is -1.79. The van der Waals surface area contributed by atoms with Crippen LogP contribution in [0.15, 0.2) is 24.3 Å². The zero-order chi connectivity index (χ0) is 20.2. The monoisotopic (exact) mass is 400 g/mol. The van der Waals surface area contributed by atoms with Crippen LogP contribution in [0.1, 0.15) is 25.7 Å². The van der Waals surface area contributed by atoms with Crippen LogP contribution >= 0.6 is 0 Å². The molecule has 1 aromatic carbocycles. The van der Waals surface area contributed by atoms with Crippen molar-refractivity contribution in [2.75, 3.05) is 71.4 Å². The van der Waals surface area contributed by atoms with Crippen LogP contribution in [0.2, 0.25) is 0 Å². The standard InChI is InChI=1S/C23H36N4O2/c1-24-12-9-19(10-13-24)23(28)27-11-5-6-20(18-27)25-14-16-26(17-15-25)21-7-3-4-8-22(21)29-2/h3-4,7-8,19-20H,5-6,9-18H2,1-2H3. The van der Waals surface area contributed by atoms with Crippen molar-refractivity contribution in [2.24, 2.45) is 5.92 Å². The molecule has 3 heterocycles. The van der Waals surface area contributed by atoms with Crippen molar-refractivity contribution in [2.45, 2.75) is 31.7 Å². The first-order valence-electron chi connectivity index (χ1n) is 11.2. The third-order valence-electron chi connectivity index (χ3n) is 7.03. The third-order valence-corrected chi connectivity index (χ3v) is 7.03. The second-order valence-corrected chi connectivity index (χ2v) is 8.85. The normalized spacial score (nSPS) is 25.2. The van der Waals surface area contributed by atoms with Crippen molar-refractivity contribution in [3.05, 3.63) is 24.3 Å². The number of nitrogens with zero attached hydrogens (tertiary/aromatic N) is 4. The number of carbonyl (C=O) groups excluding carboxylic acids is 1. The van der Waals surface area contributed by atoms with Crippen LogP contribution in [-0.4, -0.2) is 93.2 Å². The smallest absolute Gasteiger partial charge is 0.225 e. The first-order valence-corrected chi connectivity index (χ1v) is 11.2. The highest BCUT2D eigenvalue weighted by Gasteiger charge is 2.33. The van der Waals surface area contributed by atoms with Gasteiger partial charge in [0.25, 0.3) is 0 Å². The molecule has 1 aromatic rings. The van der Waals surface area contributed by atoms with Crippen LogP contribution < -0.4 is 9.64 Å². The highest BCUT2D eigenvalue weighted by molar-refractivity contribution is 5.79. The van der Waals surface area contributed by atoms with Crippen LogP contribution in [0, 0.1) is 5.92 Å². The molecule has 4 rings (SSSR count). The van der Waals surface area contributed by atoms with Gasteiger partial charge in [-0.3, -0.25) is 9.69 Å². The molecule has 0 aromatic heterocycles. The molecule has 1 unspecified atom stereocenters. The number of likely N-dealkylation sites (tertiary alicyclic amines) is 2. The largest absolute Gasteiger partial charge is 0.495 e. The minimum absolute atomic E-state index is 0.243. The van der Waals surface area contributed by atoms with Gasteiger partial charge in [-0.1, -0.05) is 12.1 Å². The highest BCUT2D eigenvalue weighted by atomic mass is 16.5. The molecule has 1 atom stereocenters. The average molecular weight is 401 g/mol. The molecule has 3 fully saturated rings. The molecule has 0 radical (unpaired) electrons. The van der Waals surface area contributed by atoms with E-state index in [2.05, 4.69) is 38.8 Å². The summed E-state index contributed by atoms with van der Waals surface area (Å²) in [7, 11) is 3.90. The van der Waals surface area contributed by atoms with Crippen LogP contribution in [0.25, 0.3) is 0 Å². The van der Waals surface area contributed by atoms with Gasteiger partial charge in [-0.25, -0.2) is 0 Å². The summed E-state index contributed by atoms with van der Waals surface area (Å²) in [6.07, 6.45) is 4.39. The van der Waals surface area contributed by atoms with E-state index < -0.39 is 0 Å². The maximum atomic E-state index is 13.1. The van der Waals surface area contributed by atoms with Gasteiger partial charge in [0.05, 0.1) is 12.8 Å². The zero-order valence-corrected chi connectivity index (χ0v) is 18.1. The van der Waals surface area contributed by atoms with E-state index in [4.69, 9.17) is 4.74 Å². The van der Waals surface area contributed by atoms with Crippen molar-refractivity contribution >= 4 is 11.6 Å². The van der Waals surface area contributed by atoms with Gasteiger partial charge in [0, 0.05) is 51.2 Å². The van der Waals surface area contributed by atoms with E-state index >= 15 is 0 Å². The number of benzene rings is 1. The molecule has 0 bridgehead atoms. The topological polar surface area (TPSA) is 39.3 Å². The Labute approximate surface area is 175 Å². The van der Waals surface area contributed by atoms with Gasteiger partial charge in [0.2, 0.25) is 5.91 Å². The summed E-state index contributed by atoms with van der Waals surface area (Å²) < 4.78 is 5.54. The molecule has 3 saturated heterocycles. The Morgan fingerprint density at radius 3 is 2.41 bits per heavy atom. The van der Waals surface area contributed by atoms with Crippen molar-refractivity contribution in [3.63, 3.8) is 0 Å². The Kier molecular flexibility index (Phi) is 6.60. The summed E-state index contributed by atoms with van der Waals surface area (Å²) >= 11 is 0. The predicted octanol–water partition coefficient (Wildman–Crippen LogP) is 2.15. The summed E-state index contributed by atoms with van der Waals surface area (Å²) in [5, 5.41) is 0. The number of carbonyl (C=O) groups is 1. The van der Waals surface area contributed by atoms with Gasteiger partial charge in [-0.15, -0.1) is 0 Å². The van der Waals surface area contributed by atoms with Gasteiger partial charge >= 0.3 is 0 Å². The molecule has 0 spiro atoms. The number of ether oxygens (including phenoxy) is 1. The number of methoxy groups -OCH3 is 1. The molecule has 29 heavy (non-hydrogen) atoms. The number of rotatable bonds is 4. The van der Waals surface area contributed by atoms with E-state index in [1.165, 1.54) is 12.1 Å². The molecule has 0 saturated carbocycles. The predicted molar refractivity (Wildman–Crippen MR) is 117 cm³/mol. The summed E-state index contributed by atoms with van der Waals surface area (Å²) in [6, 6.07) is 8.81. The fourth-order valence-corrected chi connectivity index (χ4v) is 5.19. The van der Waals surface area contributed by atoms with Gasteiger partial charge < -0.3 is 19.4 Å². The fraction of sp³-hybridized carbons (Fsp3) is 0.696.